The molecule has 0 bridgehead atoms. The molecule has 7 nitrogen and oxygen atoms in total. The minimum absolute atomic E-state index is 0.150. The van der Waals surface area contributed by atoms with Gasteiger partial charge in [-0.1, -0.05) is 29.8 Å². The van der Waals surface area contributed by atoms with E-state index in [1.54, 1.807) is 12.4 Å². The van der Waals surface area contributed by atoms with Crippen LogP contribution in [0, 0.1) is 6.92 Å². The lowest BCUT2D eigenvalue weighted by Gasteiger charge is -2.26. The Morgan fingerprint density at radius 2 is 2.00 bits per heavy atom. The van der Waals surface area contributed by atoms with Crippen molar-refractivity contribution in [3.05, 3.63) is 53.3 Å². The first-order chi connectivity index (χ1) is 12.7. The van der Waals surface area contributed by atoms with Crippen LogP contribution in [0.3, 0.4) is 0 Å². The number of hydrogen-bond donors (Lipinski definition) is 2. The summed E-state index contributed by atoms with van der Waals surface area (Å²) in [5, 5.41) is 6.08. The average Bonchev–Trinajstić information content (AvgIpc) is 2.68. The molecule has 2 heterocycles. The monoisotopic (exact) mass is 355 g/mol. The molecule has 2 aromatic rings. The van der Waals surface area contributed by atoms with Crippen LogP contribution in [0.2, 0.25) is 0 Å². The van der Waals surface area contributed by atoms with Gasteiger partial charge in [0.1, 0.15) is 0 Å². The van der Waals surface area contributed by atoms with Crippen LogP contribution in [0.4, 0.5) is 5.95 Å². The maximum Gasteiger partial charge on any atom is 0.254 e. The van der Waals surface area contributed by atoms with Gasteiger partial charge in [-0.15, -0.1) is 0 Å². The van der Waals surface area contributed by atoms with Gasteiger partial charge in [-0.2, -0.15) is 0 Å². The molecule has 0 unspecified atom stereocenters. The highest BCUT2D eigenvalue weighted by molar-refractivity contribution is 5.93. The number of carbonyl (C=O) groups is 1. The minimum Gasteiger partial charge on any atom is -0.379 e. The zero-order chi connectivity index (χ0) is 18.2. The second-order valence-corrected chi connectivity index (χ2v) is 6.35. The third kappa shape index (κ3) is 5.50. The molecule has 138 valence electrons. The predicted octanol–water partition coefficient (Wildman–Crippen LogP) is 1.46. The zero-order valence-electron chi connectivity index (χ0n) is 15.1. The Kier molecular flexibility index (Phi) is 6.51. The van der Waals surface area contributed by atoms with Gasteiger partial charge in [0, 0.05) is 45.1 Å². The quantitative estimate of drug-likeness (QED) is 0.783. The van der Waals surface area contributed by atoms with E-state index in [1.807, 2.05) is 6.07 Å². The first-order valence-corrected chi connectivity index (χ1v) is 8.90. The van der Waals surface area contributed by atoms with Gasteiger partial charge in [0.25, 0.3) is 5.91 Å². The molecule has 1 aliphatic heterocycles. The summed E-state index contributed by atoms with van der Waals surface area (Å²) < 4.78 is 5.31. The van der Waals surface area contributed by atoms with Crippen molar-refractivity contribution in [3.63, 3.8) is 0 Å². The number of amides is 1. The summed E-state index contributed by atoms with van der Waals surface area (Å²) in [6, 6.07) is 8.25. The van der Waals surface area contributed by atoms with E-state index in [0.29, 0.717) is 24.6 Å². The molecule has 1 fully saturated rings. The number of carbonyl (C=O) groups excluding carboxylic acids is 1. The lowest BCUT2D eigenvalue weighted by atomic mass is 10.1. The number of hydrogen-bond acceptors (Lipinski definition) is 6. The molecule has 1 aromatic heterocycles. The van der Waals surface area contributed by atoms with Crippen molar-refractivity contribution in [3.8, 4) is 0 Å². The molecule has 1 amide bonds. The number of aryl methyl sites for hydroxylation is 1. The van der Waals surface area contributed by atoms with Crippen molar-refractivity contribution in [1.82, 2.24) is 20.2 Å². The second-order valence-electron chi connectivity index (χ2n) is 6.35. The number of anilines is 1. The molecule has 7 heteroatoms. The number of nitrogens with one attached hydrogen (secondary N) is 2. The second kappa shape index (κ2) is 9.26. The van der Waals surface area contributed by atoms with Gasteiger partial charge in [0.15, 0.2) is 0 Å². The Morgan fingerprint density at radius 3 is 2.73 bits per heavy atom. The number of rotatable bonds is 7. The molecular weight excluding hydrogens is 330 g/mol. The first-order valence-electron chi connectivity index (χ1n) is 8.90. The molecule has 3 rings (SSSR count). The third-order valence-electron chi connectivity index (χ3n) is 4.26. The van der Waals surface area contributed by atoms with Gasteiger partial charge in [0.05, 0.1) is 18.8 Å². The van der Waals surface area contributed by atoms with Crippen molar-refractivity contribution in [2.75, 3.05) is 44.7 Å². The molecular formula is C19H25N5O2. The summed E-state index contributed by atoms with van der Waals surface area (Å²) in [5.74, 6) is 0.361. The van der Waals surface area contributed by atoms with E-state index < -0.39 is 0 Å². The van der Waals surface area contributed by atoms with Gasteiger partial charge in [0.2, 0.25) is 5.95 Å². The van der Waals surface area contributed by atoms with Gasteiger partial charge in [-0.25, -0.2) is 9.97 Å². The largest absolute Gasteiger partial charge is 0.379 e. The SMILES string of the molecule is Cc1cccc(CNc2ncc(C(=O)NCCN3CCOCC3)cn2)c1. The minimum atomic E-state index is -0.150. The maximum atomic E-state index is 12.2. The molecule has 0 saturated carbocycles. The van der Waals surface area contributed by atoms with Crippen molar-refractivity contribution in [2.24, 2.45) is 0 Å². The normalized spacial score (nSPS) is 14.8. The van der Waals surface area contributed by atoms with Crippen molar-refractivity contribution in [2.45, 2.75) is 13.5 Å². The Morgan fingerprint density at radius 1 is 1.23 bits per heavy atom. The molecule has 0 spiro atoms. The topological polar surface area (TPSA) is 79.4 Å². The maximum absolute atomic E-state index is 12.2. The summed E-state index contributed by atoms with van der Waals surface area (Å²) in [6.45, 7) is 7.50. The van der Waals surface area contributed by atoms with Crippen LogP contribution in [-0.2, 0) is 11.3 Å². The first kappa shape index (κ1) is 18.3. The van der Waals surface area contributed by atoms with Gasteiger partial charge in [-0.05, 0) is 12.5 Å². The van der Waals surface area contributed by atoms with Crippen LogP contribution in [0.15, 0.2) is 36.7 Å². The third-order valence-corrected chi connectivity index (χ3v) is 4.26. The van der Waals surface area contributed by atoms with Gasteiger partial charge in [-0.3, -0.25) is 9.69 Å². The Labute approximate surface area is 153 Å². The predicted molar refractivity (Wildman–Crippen MR) is 100 cm³/mol. The number of morpholine rings is 1. The van der Waals surface area contributed by atoms with Crippen LogP contribution in [0.5, 0.6) is 0 Å². The molecule has 0 atom stereocenters. The Balaban J connectivity index is 1.43. The van der Waals surface area contributed by atoms with Crippen LogP contribution in [-0.4, -0.2) is 60.2 Å². The fraction of sp³-hybridized carbons (Fsp3) is 0.421. The smallest absolute Gasteiger partial charge is 0.254 e. The number of nitrogens with zero attached hydrogens (tertiary/aromatic N) is 3. The molecule has 0 radical (unpaired) electrons. The molecule has 1 saturated heterocycles. The lowest BCUT2D eigenvalue weighted by molar-refractivity contribution is 0.0383. The van der Waals surface area contributed by atoms with E-state index in [1.165, 1.54) is 11.1 Å². The van der Waals surface area contributed by atoms with E-state index in [2.05, 4.69) is 50.6 Å². The van der Waals surface area contributed by atoms with Crippen LogP contribution >= 0.6 is 0 Å². The van der Waals surface area contributed by atoms with E-state index in [9.17, 15) is 4.79 Å². The highest BCUT2D eigenvalue weighted by Crippen LogP contribution is 2.07. The standard InChI is InChI=1S/C19H25N5O2/c1-15-3-2-4-16(11-15)12-21-19-22-13-17(14-23-19)18(25)20-5-6-24-7-9-26-10-8-24/h2-4,11,13-14H,5-10,12H2,1H3,(H,20,25)(H,21,22,23). The van der Waals surface area contributed by atoms with Crippen molar-refractivity contribution >= 4 is 11.9 Å². The highest BCUT2D eigenvalue weighted by Gasteiger charge is 2.11. The summed E-state index contributed by atoms with van der Waals surface area (Å²) in [7, 11) is 0. The molecule has 1 aromatic carbocycles. The summed E-state index contributed by atoms with van der Waals surface area (Å²) in [5.41, 5.74) is 2.85. The summed E-state index contributed by atoms with van der Waals surface area (Å²) in [6.07, 6.45) is 3.10. The van der Waals surface area contributed by atoms with Crippen molar-refractivity contribution in [1.29, 1.82) is 0 Å². The Bertz CT molecular complexity index is 714. The molecule has 1 aliphatic rings. The van der Waals surface area contributed by atoms with Crippen molar-refractivity contribution < 1.29 is 9.53 Å². The average molecular weight is 355 g/mol. The lowest BCUT2D eigenvalue weighted by Crippen LogP contribution is -2.41. The van der Waals surface area contributed by atoms with E-state index in [0.717, 1.165) is 32.8 Å². The number of aromatic nitrogens is 2. The molecule has 0 aliphatic carbocycles. The highest BCUT2D eigenvalue weighted by atomic mass is 16.5. The van der Waals surface area contributed by atoms with Gasteiger partial charge >= 0.3 is 0 Å². The summed E-state index contributed by atoms with van der Waals surface area (Å²) >= 11 is 0. The van der Waals surface area contributed by atoms with Crippen LogP contribution < -0.4 is 10.6 Å². The van der Waals surface area contributed by atoms with E-state index in [-0.39, 0.29) is 5.91 Å². The fourth-order valence-electron chi connectivity index (χ4n) is 2.79. The number of benzene rings is 1. The molecule has 2 N–H and O–H groups in total. The Hall–Kier alpha value is -2.51. The number of ether oxygens (including phenoxy) is 1. The van der Waals surface area contributed by atoms with Gasteiger partial charge < -0.3 is 15.4 Å². The zero-order valence-corrected chi connectivity index (χ0v) is 15.1. The van der Waals surface area contributed by atoms with Crippen LogP contribution in [0.1, 0.15) is 21.5 Å². The van der Waals surface area contributed by atoms with E-state index in [4.69, 9.17) is 4.74 Å². The fourth-order valence-corrected chi connectivity index (χ4v) is 2.79. The summed E-state index contributed by atoms with van der Waals surface area (Å²) in [4.78, 5) is 22.9. The molecule has 26 heavy (non-hydrogen) atoms. The van der Waals surface area contributed by atoms with Crippen LogP contribution in [0.25, 0.3) is 0 Å². The van der Waals surface area contributed by atoms with E-state index >= 15 is 0 Å².